The molecule has 0 aromatic heterocycles. The van der Waals surface area contributed by atoms with Crippen molar-refractivity contribution in [3.05, 3.63) is 0 Å². The maximum absolute atomic E-state index is 11.8. The van der Waals surface area contributed by atoms with Crippen molar-refractivity contribution in [1.82, 2.24) is 9.03 Å². The lowest BCUT2D eigenvalue weighted by Gasteiger charge is -2.30. The zero-order chi connectivity index (χ0) is 12.0. The molecule has 0 spiro atoms. The van der Waals surface area contributed by atoms with Crippen molar-refractivity contribution in [2.75, 3.05) is 20.2 Å². The van der Waals surface area contributed by atoms with E-state index in [9.17, 15) is 8.42 Å². The lowest BCUT2D eigenvalue weighted by Crippen LogP contribution is -2.45. The average Bonchev–Trinajstić information content (AvgIpc) is 2.29. The SMILES string of the molecule is CN(C1CCCCC1)S(=O)(=O)NCCCO. The van der Waals surface area contributed by atoms with Gasteiger partial charge in [-0.15, -0.1) is 0 Å². The number of hydrogen-bond donors (Lipinski definition) is 2. The Morgan fingerprint density at radius 3 is 2.50 bits per heavy atom. The number of nitrogens with one attached hydrogen (secondary N) is 1. The van der Waals surface area contributed by atoms with Crippen LogP contribution in [0, 0.1) is 0 Å². The van der Waals surface area contributed by atoms with Gasteiger partial charge in [-0.2, -0.15) is 12.7 Å². The topological polar surface area (TPSA) is 69.6 Å². The average molecular weight is 250 g/mol. The highest BCUT2D eigenvalue weighted by atomic mass is 32.2. The molecule has 0 unspecified atom stereocenters. The number of nitrogens with zero attached hydrogens (tertiary/aromatic N) is 1. The molecule has 1 rings (SSSR count). The van der Waals surface area contributed by atoms with Crippen molar-refractivity contribution in [2.45, 2.75) is 44.6 Å². The minimum atomic E-state index is -3.36. The molecule has 0 atom stereocenters. The molecule has 0 heterocycles. The summed E-state index contributed by atoms with van der Waals surface area (Å²) in [6, 6.07) is 0.139. The van der Waals surface area contributed by atoms with Gasteiger partial charge in [0, 0.05) is 26.2 Å². The van der Waals surface area contributed by atoms with E-state index in [0.717, 1.165) is 25.7 Å². The molecule has 0 saturated heterocycles. The van der Waals surface area contributed by atoms with E-state index in [1.807, 2.05) is 0 Å². The highest BCUT2D eigenvalue weighted by Gasteiger charge is 2.26. The van der Waals surface area contributed by atoms with Crippen molar-refractivity contribution in [1.29, 1.82) is 0 Å². The van der Waals surface area contributed by atoms with Gasteiger partial charge in [-0.25, -0.2) is 4.72 Å². The summed E-state index contributed by atoms with van der Waals surface area (Å²) >= 11 is 0. The predicted molar refractivity (Wildman–Crippen MR) is 63.3 cm³/mol. The van der Waals surface area contributed by atoms with Gasteiger partial charge < -0.3 is 5.11 Å². The van der Waals surface area contributed by atoms with Gasteiger partial charge in [-0.1, -0.05) is 19.3 Å². The molecule has 0 radical (unpaired) electrons. The zero-order valence-electron chi connectivity index (χ0n) is 9.85. The van der Waals surface area contributed by atoms with E-state index in [2.05, 4.69) is 4.72 Å². The standard InChI is InChI=1S/C10H22N2O3S/c1-12(10-6-3-2-4-7-10)16(14,15)11-8-5-9-13/h10-11,13H,2-9H2,1H3. The van der Waals surface area contributed by atoms with Crippen LogP contribution in [-0.2, 0) is 10.2 Å². The van der Waals surface area contributed by atoms with E-state index in [1.54, 1.807) is 7.05 Å². The molecule has 0 aromatic rings. The second-order valence-corrected chi connectivity index (χ2v) is 6.10. The minimum Gasteiger partial charge on any atom is -0.396 e. The fourth-order valence-corrected chi connectivity index (χ4v) is 3.23. The molecule has 16 heavy (non-hydrogen) atoms. The van der Waals surface area contributed by atoms with E-state index in [-0.39, 0.29) is 12.6 Å². The normalized spacial score (nSPS) is 19.2. The Hall–Kier alpha value is -0.170. The second-order valence-electron chi connectivity index (χ2n) is 4.28. The van der Waals surface area contributed by atoms with Gasteiger partial charge in [-0.3, -0.25) is 0 Å². The molecule has 1 saturated carbocycles. The third-order valence-corrected chi connectivity index (χ3v) is 4.71. The van der Waals surface area contributed by atoms with Crippen LogP contribution in [0.25, 0.3) is 0 Å². The van der Waals surface area contributed by atoms with Gasteiger partial charge in [0.2, 0.25) is 0 Å². The van der Waals surface area contributed by atoms with Crippen molar-refractivity contribution >= 4 is 10.2 Å². The Morgan fingerprint density at radius 2 is 1.94 bits per heavy atom. The van der Waals surface area contributed by atoms with Gasteiger partial charge in [0.1, 0.15) is 0 Å². The van der Waals surface area contributed by atoms with E-state index in [0.29, 0.717) is 13.0 Å². The number of rotatable bonds is 6. The first-order chi connectivity index (χ1) is 7.58. The molecule has 6 heteroatoms. The third-order valence-electron chi connectivity index (χ3n) is 3.09. The fraction of sp³-hybridized carbons (Fsp3) is 1.00. The quantitative estimate of drug-likeness (QED) is 0.673. The van der Waals surface area contributed by atoms with Crippen LogP contribution in [0.3, 0.4) is 0 Å². The van der Waals surface area contributed by atoms with Crippen LogP contribution in [-0.4, -0.2) is 44.1 Å². The summed E-state index contributed by atoms with van der Waals surface area (Å²) in [6.07, 6.45) is 5.80. The minimum absolute atomic E-state index is 0.00959. The zero-order valence-corrected chi connectivity index (χ0v) is 10.7. The Bertz CT molecular complexity index is 286. The second kappa shape index (κ2) is 6.54. The predicted octanol–water partition coefficient (Wildman–Crippen LogP) is 0.468. The Balaban J connectivity index is 2.46. The van der Waals surface area contributed by atoms with Crippen molar-refractivity contribution in [3.8, 4) is 0 Å². The highest BCUT2D eigenvalue weighted by molar-refractivity contribution is 7.87. The number of hydrogen-bond acceptors (Lipinski definition) is 3. The van der Waals surface area contributed by atoms with Crippen molar-refractivity contribution in [3.63, 3.8) is 0 Å². The summed E-state index contributed by atoms with van der Waals surface area (Å²) in [5.41, 5.74) is 0. The monoisotopic (exact) mass is 250 g/mol. The first-order valence-corrected chi connectivity index (χ1v) is 7.35. The Morgan fingerprint density at radius 1 is 1.31 bits per heavy atom. The van der Waals surface area contributed by atoms with Gasteiger partial charge in [0.15, 0.2) is 0 Å². The van der Waals surface area contributed by atoms with Gasteiger partial charge in [0.25, 0.3) is 10.2 Å². The van der Waals surface area contributed by atoms with Crippen molar-refractivity contribution < 1.29 is 13.5 Å². The molecule has 1 fully saturated rings. The Kier molecular flexibility index (Phi) is 5.68. The van der Waals surface area contributed by atoms with Crippen LogP contribution < -0.4 is 4.72 Å². The van der Waals surface area contributed by atoms with E-state index in [1.165, 1.54) is 10.7 Å². The maximum atomic E-state index is 11.8. The number of aliphatic hydroxyl groups is 1. The molecule has 0 aliphatic heterocycles. The van der Waals surface area contributed by atoms with Crippen molar-refractivity contribution in [2.24, 2.45) is 0 Å². The van der Waals surface area contributed by atoms with Crippen LogP contribution in [0.5, 0.6) is 0 Å². The number of aliphatic hydroxyl groups excluding tert-OH is 1. The summed E-state index contributed by atoms with van der Waals surface area (Å²) in [4.78, 5) is 0. The van der Waals surface area contributed by atoms with Gasteiger partial charge in [0.05, 0.1) is 0 Å². The molecule has 96 valence electrons. The van der Waals surface area contributed by atoms with Gasteiger partial charge in [-0.05, 0) is 19.3 Å². The lowest BCUT2D eigenvalue weighted by atomic mass is 9.96. The van der Waals surface area contributed by atoms with E-state index < -0.39 is 10.2 Å². The summed E-state index contributed by atoms with van der Waals surface area (Å²) in [6.45, 7) is 0.311. The molecule has 1 aliphatic rings. The van der Waals surface area contributed by atoms with Crippen LogP contribution >= 0.6 is 0 Å². The molecule has 2 N–H and O–H groups in total. The molecule has 0 aromatic carbocycles. The largest absolute Gasteiger partial charge is 0.396 e. The molecule has 5 nitrogen and oxygen atoms in total. The van der Waals surface area contributed by atoms with Crippen LogP contribution in [0.15, 0.2) is 0 Å². The summed E-state index contributed by atoms with van der Waals surface area (Å²) in [5.74, 6) is 0. The summed E-state index contributed by atoms with van der Waals surface area (Å²) < 4.78 is 27.6. The lowest BCUT2D eigenvalue weighted by molar-refractivity contribution is 0.277. The molecule has 1 aliphatic carbocycles. The van der Waals surface area contributed by atoms with E-state index in [4.69, 9.17) is 5.11 Å². The molecule has 0 amide bonds. The smallest absolute Gasteiger partial charge is 0.279 e. The molecule has 0 bridgehead atoms. The third kappa shape index (κ3) is 4.01. The van der Waals surface area contributed by atoms with Gasteiger partial charge >= 0.3 is 0 Å². The first-order valence-electron chi connectivity index (χ1n) is 5.91. The molecular formula is C10H22N2O3S. The fourth-order valence-electron chi connectivity index (χ4n) is 2.02. The Labute approximate surface area is 98.0 Å². The van der Waals surface area contributed by atoms with Crippen LogP contribution in [0.2, 0.25) is 0 Å². The maximum Gasteiger partial charge on any atom is 0.279 e. The summed E-state index contributed by atoms with van der Waals surface area (Å²) in [5, 5.41) is 8.60. The van der Waals surface area contributed by atoms with Crippen LogP contribution in [0.1, 0.15) is 38.5 Å². The first kappa shape index (κ1) is 13.9. The van der Waals surface area contributed by atoms with E-state index >= 15 is 0 Å². The molecular weight excluding hydrogens is 228 g/mol. The van der Waals surface area contributed by atoms with Crippen LogP contribution in [0.4, 0.5) is 0 Å². The highest BCUT2D eigenvalue weighted by Crippen LogP contribution is 2.22. The summed E-state index contributed by atoms with van der Waals surface area (Å²) in [7, 11) is -1.72.